The molecule has 0 fully saturated rings. The molecule has 0 radical (unpaired) electrons. The largest absolute Gasteiger partial charge is 0.368 e. The molecular formula is C16H12ClN5O4S. The van der Waals surface area contributed by atoms with E-state index in [1.807, 2.05) is 0 Å². The summed E-state index contributed by atoms with van der Waals surface area (Å²) in [6.07, 6.45) is 0. The number of carbonyl (C=O) groups is 1. The molecule has 3 aromatic rings. The number of sulfonamides is 1. The van der Waals surface area contributed by atoms with Crippen molar-refractivity contribution in [1.29, 1.82) is 0 Å². The lowest BCUT2D eigenvalue weighted by molar-refractivity contribution is 0.0867. The fourth-order valence-electron chi connectivity index (χ4n) is 2.83. The maximum absolute atomic E-state index is 12.5. The molecule has 2 aromatic carbocycles. The summed E-state index contributed by atoms with van der Waals surface area (Å²) in [6.45, 7) is -0.376. The Kier molecular flexibility index (Phi) is 4.08. The van der Waals surface area contributed by atoms with Gasteiger partial charge >= 0.3 is 5.69 Å². The molecule has 9 nitrogen and oxygen atoms in total. The SMILES string of the molecule is O=C1c2ccccc2S(=O)(=O)N1CCn1nnn(-c2ccccc2Cl)c1=O. The van der Waals surface area contributed by atoms with Crippen molar-refractivity contribution < 1.29 is 13.2 Å². The van der Waals surface area contributed by atoms with Crippen molar-refractivity contribution in [3.8, 4) is 5.69 Å². The molecule has 138 valence electrons. The zero-order chi connectivity index (χ0) is 19.2. The molecule has 0 unspecified atom stereocenters. The lowest BCUT2D eigenvalue weighted by Crippen LogP contribution is -2.35. The number of rotatable bonds is 4. The third kappa shape index (κ3) is 2.73. The summed E-state index contributed by atoms with van der Waals surface area (Å²) in [5, 5.41) is 7.83. The van der Waals surface area contributed by atoms with E-state index in [1.54, 1.807) is 36.4 Å². The lowest BCUT2D eigenvalue weighted by Gasteiger charge is -2.14. The van der Waals surface area contributed by atoms with Crippen LogP contribution >= 0.6 is 11.6 Å². The minimum absolute atomic E-state index is 0.0398. The summed E-state index contributed by atoms with van der Waals surface area (Å²) in [6, 6.07) is 12.6. The van der Waals surface area contributed by atoms with Gasteiger partial charge in [0.15, 0.2) is 0 Å². The Hall–Kier alpha value is -2.98. The Labute approximate surface area is 158 Å². The first-order valence-corrected chi connectivity index (χ1v) is 9.67. The average molecular weight is 406 g/mol. The molecule has 0 saturated heterocycles. The second-order valence-corrected chi connectivity index (χ2v) is 7.96. The first kappa shape index (κ1) is 17.4. The number of carbonyl (C=O) groups excluding carboxylic acids is 1. The van der Waals surface area contributed by atoms with Crippen LogP contribution in [0.2, 0.25) is 5.02 Å². The van der Waals surface area contributed by atoms with E-state index in [0.29, 0.717) is 10.7 Å². The van der Waals surface area contributed by atoms with Gasteiger partial charge in [-0.25, -0.2) is 17.5 Å². The van der Waals surface area contributed by atoms with Gasteiger partial charge in [0, 0.05) is 0 Å². The standard InChI is InChI=1S/C16H12ClN5O4S/c17-12-6-2-3-7-13(12)22-16(24)20(18-19-22)9-10-21-15(23)11-5-1-4-8-14(11)27(21,25)26/h1-8H,9-10H2. The zero-order valence-electron chi connectivity index (χ0n) is 13.7. The van der Waals surface area contributed by atoms with Gasteiger partial charge in [-0.1, -0.05) is 35.9 Å². The van der Waals surface area contributed by atoms with Gasteiger partial charge in [-0.15, -0.1) is 0 Å². The molecule has 0 bridgehead atoms. The molecule has 4 rings (SSSR count). The van der Waals surface area contributed by atoms with Crippen LogP contribution in [0.25, 0.3) is 5.69 Å². The maximum Gasteiger partial charge on any atom is 0.368 e. The van der Waals surface area contributed by atoms with Crippen LogP contribution in [-0.4, -0.2) is 45.0 Å². The minimum Gasteiger partial charge on any atom is -0.268 e. The van der Waals surface area contributed by atoms with Crippen molar-refractivity contribution in [3.63, 3.8) is 0 Å². The first-order valence-electron chi connectivity index (χ1n) is 7.85. The number of nitrogens with zero attached hydrogens (tertiary/aromatic N) is 5. The van der Waals surface area contributed by atoms with Crippen LogP contribution < -0.4 is 5.69 Å². The average Bonchev–Trinajstić information content (AvgIpc) is 3.10. The highest BCUT2D eigenvalue weighted by atomic mass is 35.5. The van der Waals surface area contributed by atoms with Gasteiger partial charge in [0.2, 0.25) is 0 Å². The molecule has 1 amide bonds. The third-order valence-electron chi connectivity index (χ3n) is 4.15. The fourth-order valence-corrected chi connectivity index (χ4v) is 4.60. The predicted octanol–water partition coefficient (Wildman–Crippen LogP) is 0.927. The highest BCUT2D eigenvalue weighted by Gasteiger charge is 2.40. The summed E-state index contributed by atoms with van der Waals surface area (Å²) in [4.78, 5) is 24.8. The quantitative estimate of drug-likeness (QED) is 0.639. The van der Waals surface area contributed by atoms with E-state index in [4.69, 9.17) is 11.6 Å². The number of benzene rings is 2. The van der Waals surface area contributed by atoms with E-state index < -0.39 is 21.6 Å². The Bertz CT molecular complexity index is 1220. The number of hydrogen-bond donors (Lipinski definition) is 0. The molecule has 0 atom stereocenters. The van der Waals surface area contributed by atoms with E-state index >= 15 is 0 Å². The molecule has 0 saturated carbocycles. The molecular weight excluding hydrogens is 394 g/mol. The number of hydrogen-bond acceptors (Lipinski definition) is 6. The zero-order valence-corrected chi connectivity index (χ0v) is 15.3. The van der Waals surface area contributed by atoms with Gasteiger partial charge in [0.1, 0.15) is 4.90 Å². The van der Waals surface area contributed by atoms with Crippen molar-refractivity contribution >= 4 is 27.5 Å². The topological polar surface area (TPSA) is 107 Å². The molecule has 11 heteroatoms. The van der Waals surface area contributed by atoms with Crippen molar-refractivity contribution in [1.82, 2.24) is 24.1 Å². The van der Waals surface area contributed by atoms with Crippen LogP contribution in [0.5, 0.6) is 0 Å². The van der Waals surface area contributed by atoms with Crippen LogP contribution in [0.4, 0.5) is 0 Å². The Balaban J connectivity index is 1.60. The van der Waals surface area contributed by atoms with Crippen LogP contribution in [0.1, 0.15) is 10.4 Å². The molecule has 27 heavy (non-hydrogen) atoms. The van der Waals surface area contributed by atoms with Gasteiger partial charge < -0.3 is 0 Å². The van der Waals surface area contributed by atoms with E-state index in [0.717, 1.165) is 13.7 Å². The molecule has 0 spiro atoms. The monoisotopic (exact) mass is 405 g/mol. The van der Waals surface area contributed by atoms with Crippen LogP contribution in [0, 0.1) is 0 Å². The predicted molar refractivity (Wildman–Crippen MR) is 95.3 cm³/mol. The molecule has 1 aromatic heterocycles. The fraction of sp³-hybridized carbons (Fsp3) is 0.125. The number of aromatic nitrogens is 4. The van der Waals surface area contributed by atoms with Crippen molar-refractivity contribution in [2.75, 3.05) is 6.54 Å². The van der Waals surface area contributed by atoms with Gasteiger partial charge in [-0.05, 0) is 34.7 Å². The first-order chi connectivity index (χ1) is 12.9. The Morgan fingerprint density at radius 2 is 1.63 bits per heavy atom. The van der Waals surface area contributed by atoms with Gasteiger partial charge in [0.25, 0.3) is 15.9 Å². The van der Waals surface area contributed by atoms with Crippen molar-refractivity contribution in [2.45, 2.75) is 11.4 Å². The van der Waals surface area contributed by atoms with E-state index in [2.05, 4.69) is 10.4 Å². The van der Waals surface area contributed by atoms with Gasteiger partial charge in [-0.2, -0.15) is 9.36 Å². The highest BCUT2D eigenvalue weighted by Crippen LogP contribution is 2.29. The van der Waals surface area contributed by atoms with E-state index in [1.165, 1.54) is 12.1 Å². The van der Waals surface area contributed by atoms with Crippen molar-refractivity contribution in [2.24, 2.45) is 0 Å². The smallest absolute Gasteiger partial charge is 0.268 e. The summed E-state index contributed by atoms with van der Waals surface area (Å²) in [5.41, 5.74) is -0.123. The normalized spacial score (nSPS) is 15.1. The number of fused-ring (bicyclic) bond motifs is 1. The summed E-state index contributed by atoms with van der Waals surface area (Å²) >= 11 is 6.06. The Morgan fingerprint density at radius 3 is 2.37 bits per heavy atom. The highest BCUT2D eigenvalue weighted by molar-refractivity contribution is 7.90. The second kappa shape index (κ2) is 6.32. The van der Waals surface area contributed by atoms with E-state index in [9.17, 15) is 18.0 Å². The molecule has 0 N–H and O–H groups in total. The molecule has 1 aliphatic rings. The minimum atomic E-state index is -3.94. The number of halogens is 1. The lowest BCUT2D eigenvalue weighted by atomic mass is 10.2. The number of tetrazole rings is 1. The van der Waals surface area contributed by atoms with Crippen LogP contribution in [0.15, 0.2) is 58.2 Å². The second-order valence-electron chi connectivity index (χ2n) is 5.73. The third-order valence-corrected chi connectivity index (χ3v) is 6.31. The van der Waals surface area contributed by atoms with Crippen molar-refractivity contribution in [3.05, 3.63) is 69.6 Å². The number of amides is 1. The Morgan fingerprint density at radius 1 is 0.926 bits per heavy atom. The van der Waals surface area contributed by atoms with Crippen LogP contribution in [0.3, 0.4) is 0 Å². The summed E-state index contributed by atoms with van der Waals surface area (Å²) < 4.78 is 27.8. The number of para-hydroxylation sites is 1. The summed E-state index contributed by atoms with van der Waals surface area (Å²) in [5.74, 6) is -0.628. The van der Waals surface area contributed by atoms with Crippen LogP contribution in [-0.2, 0) is 16.6 Å². The summed E-state index contributed by atoms with van der Waals surface area (Å²) in [7, 11) is -3.94. The molecule has 1 aliphatic heterocycles. The van der Waals surface area contributed by atoms with E-state index in [-0.39, 0.29) is 23.5 Å². The molecule has 2 heterocycles. The maximum atomic E-state index is 12.5. The molecule has 0 aliphatic carbocycles. The van der Waals surface area contributed by atoms with Gasteiger partial charge in [-0.3, -0.25) is 4.79 Å². The van der Waals surface area contributed by atoms with Gasteiger partial charge in [0.05, 0.1) is 29.4 Å².